The van der Waals surface area contributed by atoms with Gasteiger partial charge in [-0.05, 0) is 42.2 Å². The first-order valence-electron chi connectivity index (χ1n) is 9.78. The Labute approximate surface area is 171 Å². The normalized spacial score (nSPS) is 14.0. The van der Waals surface area contributed by atoms with Crippen LogP contribution in [0.15, 0.2) is 42.5 Å². The van der Waals surface area contributed by atoms with Crippen molar-refractivity contribution in [3.63, 3.8) is 0 Å². The lowest BCUT2D eigenvalue weighted by atomic mass is 9.93. The minimum atomic E-state index is -0.322. The Morgan fingerprint density at radius 3 is 2.48 bits per heavy atom. The molecule has 0 aliphatic carbocycles. The van der Waals surface area contributed by atoms with E-state index in [-0.39, 0.29) is 22.8 Å². The van der Waals surface area contributed by atoms with Crippen LogP contribution in [0.5, 0.6) is 17.2 Å². The molecule has 152 valence electrons. The maximum atomic E-state index is 13.0. The van der Waals surface area contributed by atoms with Crippen molar-refractivity contribution in [2.45, 2.75) is 19.8 Å². The highest BCUT2D eigenvalue weighted by atomic mass is 16.5. The van der Waals surface area contributed by atoms with E-state index in [2.05, 4.69) is 12.2 Å². The number of hydrogen-bond acceptors (Lipinski definition) is 5. The average molecular weight is 393 g/mol. The smallest absolute Gasteiger partial charge is 0.193 e. The van der Waals surface area contributed by atoms with E-state index in [0.717, 1.165) is 30.5 Å². The van der Waals surface area contributed by atoms with E-state index < -0.39 is 0 Å². The molecule has 29 heavy (non-hydrogen) atoms. The van der Waals surface area contributed by atoms with E-state index in [1.165, 1.54) is 18.7 Å². The van der Waals surface area contributed by atoms with Gasteiger partial charge in [-0.3, -0.25) is 4.79 Å². The molecular formula is C24H27NO4. The number of ketones is 1. The van der Waals surface area contributed by atoms with Crippen LogP contribution in [-0.2, 0) is 6.42 Å². The summed E-state index contributed by atoms with van der Waals surface area (Å²) in [6, 6.07) is 9.68. The molecule has 0 atom stereocenters. The molecule has 2 aromatic rings. The van der Waals surface area contributed by atoms with E-state index in [1.54, 1.807) is 19.3 Å². The lowest BCUT2D eigenvalue weighted by molar-refractivity contribution is 0.104. The first kappa shape index (κ1) is 20.7. The number of aromatic hydroxyl groups is 1. The zero-order valence-electron chi connectivity index (χ0n) is 17.1. The number of ether oxygens (including phenoxy) is 2. The molecule has 0 unspecified atom stereocenters. The summed E-state index contributed by atoms with van der Waals surface area (Å²) < 4.78 is 10.9. The van der Waals surface area contributed by atoms with Crippen molar-refractivity contribution < 1.29 is 19.4 Å². The van der Waals surface area contributed by atoms with Crippen molar-refractivity contribution in [2.24, 2.45) is 0 Å². The van der Waals surface area contributed by atoms with E-state index in [4.69, 9.17) is 9.47 Å². The van der Waals surface area contributed by atoms with Gasteiger partial charge >= 0.3 is 0 Å². The van der Waals surface area contributed by atoms with Crippen LogP contribution in [0.2, 0.25) is 0 Å². The van der Waals surface area contributed by atoms with Gasteiger partial charge in [-0.15, -0.1) is 0 Å². The third-order valence-corrected chi connectivity index (χ3v) is 5.11. The number of carbonyl (C=O) groups excluding carboxylic acids is 1. The number of benzene rings is 2. The summed E-state index contributed by atoms with van der Waals surface area (Å²) >= 11 is 0. The summed E-state index contributed by atoms with van der Waals surface area (Å²) in [6.07, 6.45) is 6.92. The zero-order chi connectivity index (χ0) is 20.8. The molecule has 2 aromatic carbocycles. The molecule has 1 aliphatic rings. The van der Waals surface area contributed by atoms with Gasteiger partial charge in [-0.2, -0.15) is 0 Å². The number of carbonyl (C=O) groups is 1. The number of methoxy groups -OCH3 is 2. The summed E-state index contributed by atoms with van der Waals surface area (Å²) in [5, 5.41) is 14.3. The minimum Gasteiger partial charge on any atom is -0.506 e. The van der Waals surface area contributed by atoms with Gasteiger partial charge in [0.1, 0.15) is 22.8 Å². The standard InChI is InChI=1S/C24H27NO4/c1-4-16-5-7-17(8-6-16)9-10-19(26)23-21(29-3)15-20(28-2)22(24(23)27)18-11-13-25-14-12-18/h5-11,15,25,27H,4,12-14H2,1-3H3/b10-9+. The molecule has 0 bridgehead atoms. The van der Waals surface area contributed by atoms with Crippen molar-refractivity contribution in [3.05, 3.63) is 64.7 Å². The number of aryl methyl sites for hydroxylation is 1. The summed E-state index contributed by atoms with van der Waals surface area (Å²) in [4.78, 5) is 13.0. The third-order valence-electron chi connectivity index (χ3n) is 5.11. The Kier molecular flexibility index (Phi) is 6.73. The fraction of sp³-hybridized carbons (Fsp3) is 0.292. The van der Waals surface area contributed by atoms with Crippen LogP contribution in [0, 0.1) is 0 Å². The number of nitrogens with one attached hydrogen (secondary N) is 1. The first-order chi connectivity index (χ1) is 14.1. The Morgan fingerprint density at radius 2 is 1.90 bits per heavy atom. The van der Waals surface area contributed by atoms with Crippen molar-refractivity contribution in [3.8, 4) is 17.2 Å². The number of phenols is 1. The quantitative estimate of drug-likeness (QED) is 0.544. The van der Waals surface area contributed by atoms with E-state index in [1.807, 2.05) is 30.3 Å². The number of rotatable bonds is 7. The molecule has 0 spiro atoms. The first-order valence-corrected chi connectivity index (χ1v) is 9.78. The van der Waals surface area contributed by atoms with Crippen LogP contribution < -0.4 is 14.8 Å². The molecule has 0 saturated heterocycles. The monoisotopic (exact) mass is 393 g/mol. The van der Waals surface area contributed by atoms with Crippen LogP contribution in [-0.4, -0.2) is 38.2 Å². The van der Waals surface area contributed by atoms with Gasteiger partial charge in [0, 0.05) is 12.6 Å². The SMILES string of the molecule is CCc1ccc(/C=C/C(=O)c2c(OC)cc(OC)c(C3=CCNCC3)c2O)cc1. The molecule has 0 radical (unpaired) electrons. The second kappa shape index (κ2) is 9.43. The Morgan fingerprint density at radius 1 is 1.17 bits per heavy atom. The summed E-state index contributed by atoms with van der Waals surface area (Å²) in [6.45, 7) is 3.61. The molecule has 0 aromatic heterocycles. The minimum absolute atomic E-state index is 0.106. The molecule has 0 saturated carbocycles. The van der Waals surface area contributed by atoms with E-state index in [0.29, 0.717) is 17.9 Å². The van der Waals surface area contributed by atoms with Gasteiger partial charge in [0.25, 0.3) is 0 Å². The van der Waals surface area contributed by atoms with Crippen LogP contribution >= 0.6 is 0 Å². The third kappa shape index (κ3) is 4.51. The van der Waals surface area contributed by atoms with Crippen LogP contribution in [0.4, 0.5) is 0 Å². The van der Waals surface area contributed by atoms with Gasteiger partial charge in [0.15, 0.2) is 5.78 Å². The Bertz CT molecular complexity index is 942. The molecule has 0 amide bonds. The molecule has 3 rings (SSSR count). The van der Waals surface area contributed by atoms with Crippen LogP contribution in [0.3, 0.4) is 0 Å². The van der Waals surface area contributed by atoms with Gasteiger partial charge in [-0.25, -0.2) is 0 Å². The second-order valence-electron chi connectivity index (χ2n) is 6.86. The summed E-state index contributed by atoms with van der Waals surface area (Å²) in [5.74, 6) is 0.347. The predicted octanol–water partition coefficient (Wildman–Crippen LogP) is 4.24. The van der Waals surface area contributed by atoms with Crippen LogP contribution in [0.25, 0.3) is 11.6 Å². The van der Waals surface area contributed by atoms with Gasteiger partial charge < -0.3 is 19.9 Å². The van der Waals surface area contributed by atoms with Crippen LogP contribution in [0.1, 0.15) is 40.4 Å². The van der Waals surface area contributed by atoms with Gasteiger partial charge in [0.2, 0.25) is 0 Å². The van der Waals surface area contributed by atoms with Crippen molar-refractivity contribution in [1.29, 1.82) is 0 Å². The highest BCUT2D eigenvalue weighted by Crippen LogP contribution is 2.43. The highest BCUT2D eigenvalue weighted by Gasteiger charge is 2.25. The van der Waals surface area contributed by atoms with Crippen molar-refractivity contribution >= 4 is 17.4 Å². The zero-order valence-corrected chi connectivity index (χ0v) is 17.1. The lowest BCUT2D eigenvalue weighted by Gasteiger charge is -2.20. The number of phenolic OH excluding ortho intramolecular Hbond substituents is 1. The van der Waals surface area contributed by atoms with E-state index in [9.17, 15) is 9.90 Å². The molecule has 5 heteroatoms. The molecule has 1 aliphatic heterocycles. The summed E-state index contributed by atoms with van der Waals surface area (Å²) in [5.41, 5.74) is 3.81. The van der Waals surface area contributed by atoms with Crippen molar-refractivity contribution in [2.75, 3.05) is 27.3 Å². The van der Waals surface area contributed by atoms with Gasteiger partial charge in [0.05, 0.1) is 19.8 Å². The second-order valence-corrected chi connectivity index (χ2v) is 6.86. The van der Waals surface area contributed by atoms with Crippen molar-refractivity contribution in [1.82, 2.24) is 5.32 Å². The Balaban J connectivity index is 2.01. The molecule has 1 heterocycles. The topological polar surface area (TPSA) is 67.8 Å². The Hall–Kier alpha value is -3.05. The fourth-order valence-corrected chi connectivity index (χ4v) is 3.46. The fourth-order valence-electron chi connectivity index (χ4n) is 3.46. The maximum absolute atomic E-state index is 13.0. The molecular weight excluding hydrogens is 366 g/mol. The predicted molar refractivity (Wildman–Crippen MR) is 116 cm³/mol. The molecule has 5 nitrogen and oxygen atoms in total. The summed E-state index contributed by atoms with van der Waals surface area (Å²) in [7, 11) is 3.02. The highest BCUT2D eigenvalue weighted by molar-refractivity contribution is 6.11. The molecule has 0 fully saturated rings. The number of allylic oxidation sites excluding steroid dienone is 1. The van der Waals surface area contributed by atoms with Gasteiger partial charge in [-0.1, -0.05) is 43.3 Å². The largest absolute Gasteiger partial charge is 0.506 e. The average Bonchev–Trinajstić information content (AvgIpc) is 2.77. The molecule has 2 N–H and O–H groups in total. The number of hydrogen-bond donors (Lipinski definition) is 2. The lowest BCUT2D eigenvalue weighted by Crippen LogP contribution is -2.20. The van der Waals surface area contributed by atoms with E-state index >= 15 is 0 Å². The maximum Gasteiger partial charge on any atom is 0.193 e.